The van der Waals surface area contributed by atoms with E-state index in [9.17, 15) is 31.7 Å². The SMILES string of the molecule is O=[N+]([O-])c1cc(O)c(OC(F)(F)F)nc1S(=O)(=O)Cl. The smallest absolute Gasteiger partial charge is 0.503 e. The first kappa shape index (κ1) is 15.2. The van der Waals surface area contributed by atoms with Crippen molar-refractivity contribution in [3.63, 3.8) is 0 Å². The number of alkyl halides is 3. The fraction of sp³-hybridized carbons (Fsp3) is 0.167. The Morgan fingerprint density at radius 1 is 1.47 bits per heavy atom. The van der Waals surface area contributed by atoms with Gasteiger partial charge in [0.2, 0.25) is 0 Å². The van der Waals surface area contributed by atoms with Crippen LogP contribution in [0, 0.1) is 10.1 Å². The molecule has 0 saturated carbocycles. The summed E-state index contributed by atoms with van der Waals surface area (Å²) < 4.78 is 60.9. The number of hydrogen-bond acceptors (Lipinski definition) is 7. The third-order valence-corrected chi connectivity index (χ3v) is 2.76. The molecule has 0 unspecified atom stereocenters. The van der Waals surface area contributed by atoms with E-state index in [1.807, 2.05) is 0 Å². The zero-order valence-electron chi connectivity index (χ0n) is 8.38. The molecule has 0 radical (unpaired) electrons. The number of halogens is 4. The molecule has 0 bridgehead atoms. The molecule has 1 aromatic heterocycles. The van der Waals surface area contributed by atoms with Crippen LogP contribution in [0.15, 0.2) is 11.1 Å². The highest BCUT2D eigenvalue weighted by Crippen LogP contribution is 2.36. The second kappa shape index (κ2) is 4.70. The number of nitrogens with zero attached hydrogens (tertiary/aromatic N) is 2. The molecular weight excluding hydrogens is 321 g/mol. The molecule has 0 saturated heterocycles. The summed E-state index contributed by atoms with van der Waals surface area (Å²) in [7, 11) is -0.0222. The van der Waals surface area contributed by atoms with Gasteiger partial charge in [-0.05, 0) is 0 Å². The maximum Gasteiger partial charge on any atom is 0.574 e. The Hall–Kier alpha value is -1.82. The lowest BCUT2D eigenvalue weighted by molar-refractivity contribution is -0.388. The second-order valence-electron chi connectivity index (χ2n) is 2.88. The Bertz CT molecular complexity index is 631. The van der Waals surface area contributed by atoms with E-state index in [1.54, 1.807) is 0 Å². The van der Waals surface area contributed by atoms with Crippen LogP contribution >= 0.6 is 10.7 Å². The lowest BCUT2D eigenvalue weighted by atomic mass is 10.4. The van der Waals surface area contributed by atoms with Crippen LogP contribution in [0.4, 0.5) is 18.9 Å². The van der Waals surface area contributed by atoms with Gasteiger partial charge in [-0.3, -0.25) is 10.1 Å². The van der Waals surface area contributed by atoms with Gasteiger partial charge in [-0.15, -0.1) is 13.2 Å². The molecule has 0 aliphatic carbocycles. The van der Waals surface area contributed by atoms with Crippen molar-refractivity contribution < 1.29 is 36.4 Å². The molecule has 8 nitrogen and oxygen atoms in total. The highest BCUT2D eigenvalue weighted by Gasteiger charge is 2.36. The zero-order chi connectivity index (χ0) is 15.0. The van der Waals surface area contributed by atoms with Crippen molar-refractivity contribution in [3.05, 3.63) is 16.2 Å². The van der Waals surface area contributed by atoms with Crippen LogP contribution in [-0.4, -0.2) is 29.8 Å². The minimum atomic E-state index is -5.28. The normalized spacial score (nSPS) is 12.2. The second-order valence-corrected chi connectivity index (χ2v) is 5.36. The van der Waals surface area contributed by atoms with E-state index in [4.69, 9.17) is 15.8 Å². The summed E-state index contributed by atoms with van der Waals surface area (Å²) in [4.78, 5) is 11.9. The molecule has 0 amide bonds. The van der Waals surface area contributed by atoms with Crippen LogP contribution in [0.1, 0.15) is 0 Å². The molecule has 1 aromatic rings. The molecule has 19 heavy (non-hydrogen) atoms. The van der Waals surface area contributed by atoms with Gasteiger partial charge in [0.25, 0.3) is 20.0 Å². The van der Waals surface area contributed by atoms with E-state index >= 15 is 0 Å². The Morgan fingerprint density at radius 3 is 2.37 bits per heavy atom. The predicted octanol–water partition coefficient (Wildman–Crippen LogP) is 1.52. The average Bonchev–Trinajstić information content (AvgIpc) is 2.16. The molecule has 1 rings (SSSR count). The Morgan fingerprint density at radius 2 is 2.00 bits per heavy atom. The van der Waals surface area contributed by atoms with Gasteiger partial charge in [-0.25, -0.2) is 8.42 Å². The van der Waals surface area contributed by atoms with Gasteiger partial charge in [0.05, 0.1) is 11.0 Å². The van der Waals surface area contributed by atoms with Crippen LogP contribution in [0.25, 0.3) is 0 Å². The van der Waals surface area contributed by atoms with E-state index in [0.717, 1.165) is 0 Å². The van der Waals surface area contributed by atoms with Crippen LogP contribution < -0.4 is 4.74 Å². The molecule has 0 aromatic carbocycles. The quantitative estimate of drug-likeness (QED) is 0.509. The number of nitro groups is 1. The summed E-state index contributed by atoms with van der Waals surface area (Å²) in [6.07, 6.45) is -5.28. The maximum atomic E-state index is 11.9. The topological polar surface area (TPSA) is 120 Å². The first-order chi connectivity index (χ1) is 8.42. The van der Waals surface area contributed by atoms with E-state index < -0.39 is 42.7 Å². The summed E-state index contributed by atoms with van der Waals surface area (Å²) in [5.41, 5.74) is -1.29. The molecule has 0 aliphatic rings. The van der Waals surface area contributed by atoms with Gasteiger partial charge in [-0.1, -0.05) is 0 Å². The number of hydrogen-bond donors (Lipinski definition) is 1. The summed E-state index contributed by atoms with van der Waals surface area (Å²) in [5, 5.41) is 18.1. The number of aromatic nitrogens is 1. The monoisotopic (exact) mass is 322 g/mol. The molecule has 13 heteroatoms. The van der Waals surface area contributed by atoms with E-state index in [-0.39, 0.29) is 6.07 Å². The standard InChI is InChI=1S/C6H2ClF3N2O6S/c7-19(16,17)5-2(12(14)15)1-3(13)4(11-5)18-6(8,9)10/h1,13H. The van der Waals surface area contributed by atoms with Crippen LogP contribution in [0.3, 0.4) is 0 Å². The maximum absolute atomic E-state index is 11.9. The van der Waals surface area contributed by atoms with Crippen molar-refractivity contribution in [1.82, 2.24) is 4.98 Å². The number of pyridine rings is 1. The fourth-order valence-corrected chi connectivity index (χ4v) is 1.87. The zero-order valence-corrected chi connectivity index (χ0v) is 9.95. The number of rotatable bonds is 3. The van der Waals surface area contributed by atoms with Gasteiger partial charge in [0.15, 0.2) is 5.75 Å². The summed E-state index contributed by atoms with van der Waals surface area (Å²) in [5.74, 6) is -2.94. The van der Waals surface area contributed by atoms with E-state index in [1.165, 1.54) is 0 Å². The molecule has 1 heterocycles. The van der Waals surface area contributed by atoms with Gasteiger partial charge in [0, 0.05) is 10.7 Å². The predicted molar refractivity (Wildman–Crippen MR) is 52.3 cm³/mol. The van der Waals surface area contributed by atoms with Crippen LogP contribution in [0.5, 0.6) is 11.6 Å². The molecule has 106 valence electrons. The fourth-order valence-electron chi connectivity index (χ4n) is 0.955. The minimum Gasteiger partial charge on any atom is -0.503 e. The average molecular weight is 323 g/mol. The Balaban J connectivity index is 3.52. The highest BCUT2D eigenvalue weighted by atomic mass is 35.7. The molecule has 0 atom stereocenters. The number of ether oxygens (including phenoxy) is 1. The van der Waals surface area contributed by atoms with Gasteiger partial charge < -0.3 is 9.84 Å². The van der Waals surface area contributed by atoms with Crippen molar-refractivity contribution in [2.24, 2.45) is 0 Å². The molecule has 0 aliphatic heterocycles. The van der Waals surface area contributed by atoms with Crippen molar-refractivity contribution in [1.29, 1.82) is 0 Å². The largest absolute Gasteiger partial charge is 0.574 e. The van der Waals surface area contributed by atoms with Crippen molar-refractivity contribution in [2.75, 3.05) is 0 Å². The molecule has 0 spiro atoms. The van der Waals surface area contributed by atoms with E-state index in [0.29, 0.717) is 0 Å². The summed E-state index contributed by atoms with van der Waals surface area (Å²) in [6, 6.07) is 0.128. The first-order valence-corrected chi connectivity index (χ1v) is 6.31. The Labute approximate surface area is 107 Å². The van der Waals surface area contributed by atoms with Gasteiger partial charge in [-0.2, -0.15) is 4.98 Å². The highest BCUT2D eigenvalue weighted by molar-refractivity contribution is 8.13. The molecular formula is C6H2ClF3N2O6S. The van der Waals surface area contributed by atoms with Crippen molar-refractivity contribution in [3.8, 4) is 11.6 Å². The van der Waals surface area contributed by atoms with Gasteiger partial charge >= 0.3 is 12.0 Å². The molecule has 1 N–H and O–H groups in total. The molecule has 0 fully saturated rings. The van der Waals surface area contributed by atoms with Crippen molar-refractivity contribution >= 4 is 25.4 Å². The lowest BCUT2D eigenvalue weighted by Crippen LogP contribution is -2.18. The summed E-state index contributed by atoms with van der Waals surface area (Å²) >= 11 is 0. The third kappa shape index (κ3) is 3.82. The van der Waals surface area contributed by atoms with Crippen LogP contribution in [0.2, 0.25) is 0 Å². The number of aromatic hydroxyl groups is 1. The first-order valence-electron chi connectivity index (χ1n) is 4.00. The third-order valence-electron chi connectivity index (χ3n) is 1.55. The Kier molecular flexibility index (Phi) is 3.77. The van der Waals surface area contributed by atoms with Crippen molar-refractivity contribution in [2.45, 2.75) is 11.4 Å². The van der Waals surface area contributed by atoms with E-state index in [2.05, 4.69) is 9.72 Å². The van der Waals surface area contributed by atoms with Crippen LogP contribution in [-0.2, 0) is 9.05 Å². The lowest BCUT2D eigenvalue weighted by Gasteiger charge is -2.09. The minimum absolute atomic E-state index is 0.128. The van der Waals surface area contributed by atoms with Gasteiger partial charge in [0.1, 0.15) is 0 Å². The summed E-state index contributed by atoms with van der Waals surface area (Å²) in [6.45, 7) is 0.